The van der Waals surface area contributed by atoms with E-state index in [1.807, 2.05) is 0 Å². The molecule has 0 aliphatic carbocycles. The summed E-state index contributed by atoms with van der Waals surface area (Å²) in [5, 5.41) is 3.12. The molecule has 0 saturated carbocycles. The Bertz CT molecular complexity index is 1080. The number of rotatable bonds is 4. The summed E-state index contributed by atoms with van der Waals surface area (Å²) in [5.41, 5.74) is 0.490. The van der Waals surface area contributed by atoms with Gasteiger partial charge in [-0.2, -0.15) is 0 Å². The molecule has 1 N–H and O–H groups in total. The first-order valence-electron chi connectivity index (χ1n) is 8.75. The van der Waals surface area contributed by atoms with Gasteiger partial charge in [-0.3, -0.25) is 14.7 Å². The predicted octanol–water partition coefficient (Wildman–Crippen LogP) is 3.35. The highest BCUT2D eigenvalue weighted by molar-refractivity contribution is 6.07. The van der Waals surface area contributed by atoms with Gasteiger partial charge in [0.1, 0.15) is 17.1 Å². The normalized spacial score (nSPS) is 19.2. The number of carbonyl (C=O) groups excluding carboxylic acids is 2. The third kappa shape index (κ3) is 2.76. The van der Waals surface area contributed by atoms with Crippen molar-refractivity contribution in [2.45, 2.75) is 19.0 Å². The smallest absolute Gasteiger partial charge is 0.325 e. The van der Waals surface area contributed by atoms with Crippen molar-refractivity contribution in [3.63, 3.8) is 0 Å². The fourth-order valence-electron chi connectivity index (χ4n) is 3.45. The van der Waals surface area contributed by atoms with Gasteiger partial charge >= 0.3 is 6.03 Å². The van der Waals surface area contributed by atoms with Gasteiger partial charge in [-0.15, -0.1) is 0 Å². The molecular formula is C21H18FN3O3. The number of imide groups is 1. The molecule has 4 rings (SSSR count). The van der Waals surface area contributed by atoms with Gasteiger partial charge in [-0.1, -0.05) is 18.2 Å². The van der Waals surface area contributed by atoms with Crippen LogP contribution in [-0.4, -0.2) is 28.9 Å². The highest BCUT2D eigenvalue weighted by atomic mass is 19.1. The first-order valence-corrected chi connectivity index (χ1v) is 8.75. The number of carbonyl (C=O) groups is 2. The number of pyridine rings is 1. The van der Waals surface area contributed by atoms with Crippen LogP contribution in [0.4, 0.5) is 9.18 Å². The van der Waals surface area contributed by atoms with E-state index in [1.54, 1.807) is 62.7 Å². The molecule has 1 aliphatic rings. The van der Waals surface area contributed by atoms with Gasteiger partial charge in [0.2, 0.25) is 0 Å². The van der Waals surface area contributed by atoms with Gasteiger partial charge in [-0.05, 0) is 48.4 Å². The third-order valence-corrected chi connectivity index (χ3v) is 5.07. The Morgan fingerprint density at radius 2 is 1.89 bits per heavy atom. The van der Waals surface area contributed by atoms with E-state index >= 15 is 0 Å². The second-order valence-corrected chi connectivity index (χ2v) is 6.78. The van der Waals surface area contributed by atoms with E-state index in [9.17, 15) is 14.0 Å². The number of nitrogens with one attached hydrogen (secondary N) is 1. The molecule has 28 heavy (non-hydrogen) atoms. The summed E-state index contributed by atoms with van der Waals surface area (Å²) in [4.78, 5) is 31.1. The highest BCUT2D eigenvalue weighted by Crippen LogP contribution is 2.31. The molecule has 7 heteroatoms. The Kier molecular flexibility index (Phi) is 4.22. The number of amides is 3. The third-order valence-electron chi connectivity index (χ3n) is 5.07. The lowest BCUT2D eigenvalue weighted by Gasteiger charge is -2.22. The van der Waals surface area contributed by atoms with E-state index in [0.29, 0.717) is 27.8 Å². The predicted molar refractivity (Wildman–Crippen MR) is 101 cm³/mol. The summed E-state index contributed by atoms with van der Waals surface area (Å²) in [6.45, 7) is 1.67. The largest absolute Gasteiger partial charge is 0.497 e. The number of halogens is 1. The Labute approximate surface area is 160 Å². The number of fused-ring (bicyclic) bond motifs is 1. The van der Waals surface area contributed by atoms with Gasteiger partial charge in [0, 0.05) is 11.6 Å². The first kappa shape index (κ1) is 17.9. The number of nitrogens with zero attached hydrogens (tertiary/aromatic N) is 2. The molecule has 1 atom stereocenters. The second-order valence-electron chi connectivity index (χ2n) is 6.78. The lowest BCUT2D eigenvalue weighted by molar-refractivity contribution is -0.131. The zero-order chi connectivity index (χ0) is 19.9. The molecule has 3 aromatic rings. The molecule has 1 aromatic heterocycles. The number of methoxy groups -OCH3 is 1. The SMILES string of the molecule is COc1ccc(C2(C)NC(=O)N(Cc3ccc(F)c4cccnc34)C2=O)cc1. The minimum atomic E-state index is -1.19. The zero-order valence-corrected chi connectivity index (χ0v) is 15.4. The van der Waals surface area contributed by atoms with Crippen LogP contribution in [0.15, 0.2) is 54.7 Å². The summed E-state index contributed by atoms with van der Waals surface area (Å²) in [5.74, 6) is -0.118. The van der Waals surface area contributed by atoms with Crippen LogP contribution in [0.3, 0.4) is 0 Å². The molecule has 0 spiro atoms. The van der Waals surface area contributed by atoms with Crippen LogP contribution in [0.5, 0.6) is 5.75 Å². The number of benzene rings is 2. The van der Waals surface area contributed by atoms with Crippen molar-refractivity contribution in [1.29, 1.82) is 0 Å². The van der Waals surface area contributed by atoms with Gasteiger partial charge in [-0.25, -0.2) is 9.18 Å². The van der Waals surface area contributed by atoms with Crippen LogP contribution in [-0.2, 0) is 16.9 Å². The molecule has 1 saturated heterocycles. The summed E-state index contributed by atoms with van der Waals surface area (Å²) in [7, 11) is 1.56. The summed E-state index contributed by atoms with van der Waals surface area (Å²) in [6.07, 6.45) is 1.55. The van der Waals surface area contributed by atoms with Gasteiger partial charge in [0.25, 0.3) is 5.91 Å². The molecule has 2 heterocycles. The molecule has 1 unspecified atom stereocenters. The number of urea groups is 1. The summed E-state index contributed by atoms with van der Waals surface area (Å²) in [6, 6.07) is 12.6. The van der Waals surface area contributed by atoms with Crippen LogP contribution in [0.2, 0.25) is 0 Å². The van der Waals surface area contributed by atoms with Gasteiger partial charge < -0.3 is 10.1 Å². The molecule has 142 valence electrons. The van der Waals surface area contributed by atoms with E-state index < -0.39 is 17.4 Å². The molecule has 0 radical (unpaired) electrons. The first-order chi connectivity index (χ1) is 13.4. The molecule has 1 aliphatic heterocycles. The van der Waals surface area contributed by atoms with Crippen molar-refractivity contribution >= 4 is 22.8 Å². The maximum atomic E-state index is 14.0. The van der Waals surface area contributed by atoms with E-state index in [0.717, 1.165) is 4.90 Å². The fourth-order valence-corrected chi connectivity index (χ4v) is 3.45. The highest BCUT2D eigenvalue weighted by Gasteiger charge is 2.49. The van der Waals surface area contributed by atoms with Crippen molar-refractivity contribution in [1.82, 2.24) is 15.2 Å². The van der Waals surface area contributed by atoms with E-state index in [1.165, 1.54) is 6.07 Å². The van der Waals surface area contributed by atoms with Crippen molar-refractivity contribution in [3.8, 4) is 5.75 Å². The number of hydrogen-bond donors (Lipinski definition) is 1. The molecular weight excluding hydrogens is 361 g/mol. The van der Waals surface area contributed by atoms with Gasteiger partial charge in [0.15, 0.2) is 0 Å². The lowest BCUT2D eigenvalue weighted by atomic mass is 9.92. The van der Waals surface area contributed by atoms with Crippen molar-refractivity contribution < 1.29 is 18.7 Å². The van der Waals surface area contributed by atoms with Crippen LogP contribution < -0.4 is 10.1 Å². The quantitative estimate of drug-likeness (QED) is 0.706. The lowest BCUT2D eigenvalue weighted by Crippen LogP contribution is -2.40. The maximum absolute atomic E-state index is 14.0. The Morgan fingerprint density at radius 1 is 1.14 bits per heavy atom. The molecule has 0 bridgehead atoms. The van der Waals surface area contributed by atoms with Crippen LogP contribution >= 0.6 is 0 Å². The van der Waals surface area contributed by atoms with E-state index in [4.69, 9.17) is 4.74 Å². The molecule has 3 amide bonds. The van der Waals surface area contributed by atoms with Gasteiger partial charge in [0.05, 0.1) is 19.2 Å². The monoisotopic (exact) mass is 379 g/mol. The summed E-state index contributed by atoms with van der Waals surface area (Å²) >= 11 is 0. The topological polar surface area (TPSA) is 71.5 Å². The van der Waals surface area contributed by atoms with Crippen LogP contribution in [0, 0.1) is 5.82 Å². The standard InChI is InChI=1S/C21H18FN3O3/c1-21(14-6-8-15(28-2)9-7-14)19(26)25(20(27)24-21)12-13-5-10-17(22)16-4-3-11-23-18(13)16/h3-11H,12H2,1-2H3,(H,24,27). The van der Waals surface area contributed by atoms with Crippen LogP contribution in [0.1, 0.15) is 18.1 Å². The van der Waals surface area contributed by atoms with Crippen molar-refractivity contribution in [3.05, 3.63) is 71.7 Å². The maximum Gasteiger partial charge on any atom is 0.325 e. The number of hydrogen-bond acceptors (Lipinski definition) is 4. The van der Waals surface area contributed by atoms with E-state index in [2.05, 4.69) is 10.3 Å². The molecule has 1 fully saturated rings. The molecule has 2 aromatic carbocycles. The Morgan fingerprint density at radius 3 is 2.61 bits per heavy atom. The Hall–Kier alpha value is -3.48. The fraction of sp³-hybridized carbons (Fsp3) is 0.190. The zero-order valence-electron chi connectivity index (χ0n) is 15.4. The summed E-state index contributed by atoms with van der Waals surface area (Å²) < 4.78 is 19.2. The minimum absolute atomic E-state index is 0.00417. The second kappa shape index (κ2) is 6.60. The molecule has 6 nitrogen and oxygen atoms in total. The average Bonchev–Trinajstić information content (AvgIpc) is 2.94. The van der Waals surface area contributed by atoms with E-state index in [-0.39, 0.29) is 12.5 Å². The van der Waals surface area contributed by atoms with Crippen molar-refractivity contribution in [2.75, 3.05) is 7.11 Å². The number of aromatic nitrogens is 1. The number of ether oxygens (including phenoxy) is 1. The Balaban J connectivity index is 1.67. The van der Waals surface area contributed by atoms with Crippen molar-refractivity contribution in [2.24, 2.45) is 0 Å². The average molecular weight is 379 g/mol. The minimum Gasteiger partial charge on any atom is -0.497 e. The van der Waals surface area contributed by atoms with Crippen LogP contribution in [0.25, 0.3) is 10.9 Å².